The summed E-state index contributed by atoms with van der Waals surface area (Å²) >= 11 is 0. The van der Waals surface area contributed by atoms with Gasteiger partial charge in [0, 0.05) is 25.3 Å². The molecular weight excluding hydrogens is 230 g/mol. The molecule has 4 N–H and O–H groups in total. The van der Waals surface area contributed by atoms with Gasteiger partial charge in [0.05, 0.1) is 6.20 Å². The molecule has 0 fully saturated rings. The monoisotopic (exact) mass is 245 g/mol. The van der Waals surface area contributed by atoms with E-state index < -0.39 is 6.03 Å². The predicted molar refractivity (Wildman–Crippen MR) is 71.0 cm³/mol. The number of nitrogens with two attached hydrogens (primary N) is 2. The van der Waals surface area contributed by atoms with Crippen LogP contribution < -0.4 is 16.4 Å². The second-order valence-corrected chi connectivity index (χ2v) is 4.01. The quantitative estimate of drug-likeness (QED) is 0.832. The smallest absolute Gasteiger partial charge is 0.318 e. The van der Waals surface area contributed by atoms with Crippen LogP contribution in [-0.4, -0.2) is 22.9 Å². The second kappa shape index (κ2) is 4.40. The minimum Gasteiger partial charge on any atom is -0.383 e. The van der Waals surface area contributed by atoms with Crippen LogP contribution in [0.5, 0.6) is 0 Å². The van der Waals surface area contributed by atoms with E-state index in [1.54, 1.807) is 31.0 Å². The average molecular weight is 245 g/mol. The molecule has 0 aliphatic heterocycles. The molecule has 18 heavy (non-hydrogen) atoms. The van der Waals surface area contributed by atoms with Crippen molar-refractivity contribution in [2.45, 2.75) is 0 Å². The second-order valence-electron chi connectivity index (χ2n) is 4.01. The number of hydrogen-bond acceptors (Lipinski definition) is 3. The molecule has 2 rings (SSSR count). The Morgan fingerprint density at radius 3 is 2.72 bits per heavy atom. The van der Waals surface area contributed by atoms with Gasteiger partial charge >= 0.3 is 6.03 Å². The first-order valence-electron chi connectivity index (χ1n) is 5.41. The Labute approximate surface area is 105 Å². The number of nitrogen functional groups attached to an aromatic ring is 1. The summed E-state index contributed by atoms with van der Waals surface area (Å²) in [5.74, 6) is 0.578. The van der Waals surface area contributed by atoms with Crippen molar-refractivity contribution in [2.75, 3.05) is 17.7 Å². The molecule has 0 radical (unpaired) electrons. The first-order chi connectivity index (χ1) is 8.50. The van der Waals surface area contributed by atoms with Gasteiger partial charge in [0.15, 0.2) is 0 Å². The molecule has 0 saturated heterocycles. The van der Waals surface area contributed by atoms with E-state index in [9.17, 15) is 4.79 Å². The van der Waals surface area contributed by atoms with Crippen molar-refractivity contribution in [3.63, 3.8) is 0 Å². The topological polar surface area (TPSA) is 90.2 Å². The SMILES string of the molecule is CN(C(N)=O)c1cccc(-c2cnn(C)c2N)c1. The number of carbonyl (C=O) groups excluding carboxylic acids is 1. The molecule has 0 aliphatic carbocycles. The van der Waals surface area contributed by atoms with E-state index in [1.807, 2.05) is 18.2 Å². The third kappa shape index (κ3) is 2.00. The molecule has 94 valence electrons. The highest BCUT2D eigenvalue weighted by Gasteiger charge is 2.10. The van der Waals surface area contributed by atoms with Crippen molar-refractivity contribution < 1.29 is 4.79 Å². The molecule has 0 aliphatic rings. The van der Waals surface area contributed by atoms with Crippen molar-refractivity contribution in [1.82, 2.24) is 9.78 Å². The molecule has 2 amide bonds. The van der Waals surface area contributed by atoms with Crippen molar-refractivity contribution in [1.29, 1.82) is 0 Å². The fraction of sp³-hybridized carbons (Fsp3) is 0.167. The lowest BCUT2D eigenvalue weighted by atomic mass is 10.1. The van der Waals surface area contributed by atoms with Crippen molar-refractivity contribution in [2.24, 2.45) is 12.8 Å². The summed E-state index contributed by atoms with van der Waals surface area (Å²) < 4.78 is 1.60. The largest absolute Gasteiger partial charge is 0.383 e. The van der Waals surface area contributed by atoms with Crippen LogP contribution in [-0.2, 0) is 7.05 Å². The van der Waals surface area contributed by atoms with Crippen molar-refractivity contribution in [3.8, 4) is 11.1 Å². The summed E-state index contributed by atoms with van der Waals surface area (Å²) in [6.07, 6.45) is 1.69. The van der Waals surface area contributed by atoms with Crippen LogP contribution in [0.25, 0.3) is 11.1 Å². The van der Waals surface area contributed by atoms with E-state index in [-0.39, 0.29) is 0 Å². The van der Waals surface area contributed by atoms with Crippen molar-refractivity contribution >= 4 is 17.5 Å². The fourth-order valence-electron chi connectivity index (χ4n) is 1.68. The van der Waals surface area contributed by atoms with Crippen LogP contribution in [0, 0.1) is 0 Å². The van der Waals surface area contributed by atoms with Gasteiger partial charge in [0.1, 0.15) is 5.82 Å². The number of urea groups is 1. The zero-order valence-corrected chi connectivity index (χ0v) is 10.3. The first kappa shape index (κ1) is 12.0. The lowest BCUT2D eigenvalue weighted by Gasteiger charge is -2.15. The minimum atomic E-state index is -0.508. The minimum absolute atomic E-state index is 0.508. The molecule has 0 spiro atoms. The Balaban J connectivity index is 2.45. The number of carbonyl (C=O) groups is 1. The molecule has 0 unspecified atom stereocenters. The number of rotatable bonds is 2. The van der Waals surface area contributed by atoms with Gasteiger partial charge in [0.25, 0.3) is 0 Å². The Kier molecular flexibility index (Phi) is 2.93. The van der Waals surface area contributed by atoms with Gasteiger partial charge in [-0.15, -0.1) is 0 Å². The average Bonchev–Trinajstić information content (AvgIpc) is 2.69. The van der Waals surface area contributed by atoms with E-state index in [0.29, 0.717) is 11.5 Å². The third-order valence-electron chi connectivity index (χ3n) is 2.86. The summed E-state index contributed by atoms with van der Waals surface area (Å²) in [4.78, 5) is 12.5. The van der Waals surface area contributed by atoms with E-state index in [0.717, 1.165) is 11.1 Å². The van der Waals surface area contributed by atoms with Crippen LogP contribution in [0.4, 0.5) is 16.3 Å². The van der Waals surface area contributed by atoms with Gasteiger partial charge < -0.3 is 11.5 Å². The van der Waals surface area contributed by atoms with Crippen molar-refractivity contribution in [3.05, 3.63) is 30.5 Å². The summed E-state index contributed by atoms with van der Waals surface area (Å²) in [5.41, 5.74) is 13.6. The zero-order valence-electron chi connectivity index (χ0n) is 10.3. The normalized spacial score (nSPS) is 10.3. The molecule has 1 aromatic carbocycles. The fourth-order valence-corrected chi connectivity index (χ4v) is 1.68. The molecular formula is C12H15N5O. The summed E-state index contributed by atoms with van der Waals surface area (Å²) in [6.45, 7) is 0. The summed E-state index contributed by atoms with van der Waals surface area (Å²) in [5, 5.41) is 4.09. The van der Waals surface area contributed by atoms with Crippen LogP contribution in [0.3, 0.4) is 0 Å². The molecule has 6 heteroatoms. The van der Waals surface area contributed by atoms with Crippen LogP contribution >= 0.6 is 0 Å². The Morgan fingerprint density at radius 1 is 1.44 bits per heavy atom. The molecule has 1 aromatic heterocycles. The standard InChI is InChI=1S/C12H15N5O/c1-16(12(14)18)9-5-3-4-8(6-9)10-7-15-17(2)11(10)13/h3-7H,13H2,1-2H3,(H2,14,18). The number of aryl methyl sites for hydroxylation is 1. The molecule has 0 atom stereocenters. The Bertz CT molecular complexity index is 590. The number of aromatic nitrogens is 2. The zero-order chi connectivity index (χ0) is 13.3. The summed E-state index contributed by atoms with van der Waals surface area (Å²) in [6, 6.07) is 6.90. The first-order valence-corrected chi connectivity index (χ1v) is 5.41. The van der Waals surface area contributed by atoms with E-state index >= 15 is 0 Å². The van der Waals surface area contributed by atoms with Gasteiger partial charge in [-0.25, -0.2) is 4.79 Å². The number of nitrogens with zero attached hydrogens (tertiary/aromatic N) is 3. The molecule has 2 aromatic rings. The van der Waals surface area contributed by atoms with Gasteiger partial charge in [0.2, 0.25) is 0 Å². The highest BCUT2D eigenvalue weighted by Crippen LogP contribution is 2.28. The number of hydrogen-bond donors (Lipinski definition) is 2. The Morgan fingerprint density at radius 2 is 2.17 bits per heavy atom. The van der Waals surface area contributed by atoms with Gasteiger partial charge in [-0.3, -0.25) is 9.58 Å². The number of benzene rings is 1. The van der Waals surface area contributed by atoms with Gasteiger partial charge in [-0.2, -0.15) is 5.10 Å². The predicted octanol–water partition coefficient (Wildman–Crippen LogP) is 1.18. The van der Waals surface area contributed by atoms with Gasteiger partial charge in [-0.1, -0.05) is 12.1 Å². The molecule has 6 nitrogen and oxygen atoms in total. The van der Waals surface area contributed by atoms with E-state index in [4.69, 9.17) is 11.5 Å². The number of primary amides is 1. The van der Waals surface area contributed by atoms with E-state index in [1.165, 1.54) is 4.90 Å². The third-order valence-corrected chi connectivity index (χ3v) is 2.86. The summed E-state index contributed by atoms with van der Waals surface area (Å²) in [7, 11) is 3.40. The Hall–Kier alpha value is -2.50. The maximum absolute atomic E-state index is 11.1. The van der Waals surface area contributed by atoms with E-state index in [2.05, 4.69) is 5.10 Å². The lowest BCUT2D eigenvalue weighted by molar-refractivity contribution is 0.255. The molecule has 0 bridgehead atoms. The number of anilines is 2. The van der Waals surface area contributed by atoms with Gasteiger partial charge in [-0.05, 0) is 17.7 Å². The molecule has 1 heterocycles. The van der Waals surface area contributed by atoms with Crippen LogP contribution in [0.1, 0.15) is 0 Å². The maximum atomic E-state index is 11.1. The number of amides is 2. The van der Waals surface area contributed by atoms with Crippen LogP contribution in [0.2, 0.25) is 0 Å². The molecule has 0 saturated carbocycles. The highest BCUT2D eigenvalue weighted by molar-refractivity contribution is 5.91. The van der Waals surface area contributed by atoms with Crippen LogP contribution in [0.15, 0.2) is 30.5 Å². The lowest BCUT2D eigenvalue weighted by Crippen LogP contribution is -2.31. The highest BCUT2D eigenvalue weighted by atomic mass is 16.2. The maximum Gasteiger partial charge on any atom is 0.318 e.